The van der Waals surface area contributed by atoms with Gasteiger partial charge in [0.1, 0.15) is 11.2 Å². The Kier molecular flexibility index (Phi) is 8.30. The Morgan fingerprint density at radius 2 is 1.73 bits per heavy atom. The molecule has 0 saturated heterocycles. The van der Waals surface area contributed by atoms with Crippen LogP contribution in [0.3, 0.4) is 0 Å². The molecule has 1 aliphatic rings. The van der Waals surface area contributed by atoms with Gasteiger partial charge in [-0.15, -0.1) is 12.4 Å². The van der Waals surface area contributed by atoms with E-state index >= 15 is 0 Å². The van der Waals surface area contributed by atoms with E-state index in [4.69, 9.17) is 16.3 Å². The highest BCUT2D eigenvalue weighted by Crippen LogP contribution is 2.47. The summed E-state index contributed by atoms with van der Waals surface area (Å²) in [7, 11) is 1.78. The fourth-order valence-electron chi connectivity index (χ4n) is 3.80. The maximum Gasteiger partial charge on any atom is 0.327 e. The number of esters is 1. The van der Waals surface area contributed by atoms with Crippen molar-refractivity contribution in [3.05, 3.63) is 64.7 Å². The number of nitrogens with zero attached hydrogens (tertiary/aromatic N) is 2. The lowest BCUT2D eigenvalue weighted by atomic mass is 9.72. The molecule has 0 saturated carbocycles. The van der Waals surface area contributed by atoms with Crippen LogP contribution >= 0.6 is 24.0 Å². The van der Waals surface area contributed by atoms with Gasteiger partial charge in [0.15, 0.2) is 0 Å². The van der Waals surface area contributed by atoms with Gasteiger partial charge in [-0.2, -0.15) is 0 Å². The van der Waals surface area contributed by atoms with Crippen molar-refractivity contribution in [2.24, 2.45) is 0 Å². The number of amides is 1. The van der Waals surface area contributed by atoms with Crippen molar-refractivity contribution < 1.29 is 14.3 Å². The van der Waals surface area contributed by atoms with Crippen LogP contribution < -0.4 is 4.74 Å². The van der Waals surface area contributed by atoms with Gasteiger partial charge in [-0.25, -0.2) is 0 Å². The van der Waals surface area contributed by atoms with E-state index in [2.05, 4.69) is 18.7 Å². The molecule has 162 valence electrons. The Morgan fingerprint density at radius 1 is 1.07 bits per heavy atom. The van der Waals surface area contributed by atoms with Crippen molar-refractivity contribution >= 4 is 35.9 Å². The zero-order valence-corrected chi connectivity index (χ0v) is 19.1. The molecule has 2 aromatic carbocycles. The molecule has 0 spiro atoms. The van der Waals surface area contributed by atoms with Gasteiger partial charge in [0, 0.05) is 30.7 Å². The van der Waals surface area contributed by atoms with Crippen molar-refractivity contribution in [2.75, 3.05) is 33.2 Å². The van der Waals surface area contributed by atoms with Crippen LogP contribution in [0.15, 0.2) is 48.5 Å². The minimum absolute atomic E-state index is 0. The van der Waals surface area contributed by atoms with E-state index in [1.54, 1.807) is 30.1 Å². The van der Waals surface area contributed by atoms with Gasteiger partial charge >= 0.3 is 5.97 Å². The highest BCUT2D eigenvalue weighted by Gasteiger charge is 2.52. The summed E-state index contributed by atoms with van der Waals surface area (Å²) in [5, 5.41) is 0.504. The number of ether oxygens (including phenoxy) is 1. The number of carbonyl (C=O) groups excluding carboxylic acids is 2. The number of fused-ring (bicyclic) bond motifs is 1. The summed E-state index contributed by atoms with van der Waals surface area (Å²) >= 11 is 6.23. The zero-order valence-electron chi connectivity index (χ0n) is 17.6. The Hall–Kier alpha value is -2.08. The van der Waals surface area contributed by atoms with Crippen LogP contribution in [0.2, 0.25) is 5.02 Å². The van der Waals surface area contributed by atoms with Crippen LogP contribution in [0.25, 0.3) is 0 Å². The minimum Gasteiger partial charge on any atom is -0.425 e. The van der Waals surface area contributed by atoms with Gasteiger partial charge in [-0.05, 0) is 36.9 Å². The smallest absolute Gasteiger partial charge is 0.327 e. The second kappa shape index (κ2) is 10.3. The van der Waals surface area contributed by atoms with Crippen LogP contribution in [0.5, 0.6) is 5.75 Å². The van der Waals surface area contributed by atoms with E-state index in [9.17, 15) is 9.59 Å². The molecule has 0 radical (unpaired) electrons. The lowest BCUT2D eigenvalue weighted by molar-refractivity contribution is -0.141. The van der Waals surface area contributed by atoms with Crippen LogP contribution in [-0.4, -0.2) is 54.9 Å². The van der Waals surface area contributed by atoms with E-state index in [1.165, 1.54) is 0 Å². The van der Waals surface area contributed by atoms with Crippen LogP contribution in [0.4, 0.5) is 0 Å². The molecule has 30 heavy (non-hydrogen) atoms. The van der Waals surface area contributed by atoms with Gasteiger partial charge in [0.25, 0.3) is 0 Å². The van der Waals surface area contributed by atoms with E-state index < -0.39 is 11.4 Å². The van der Waals surface area contributed by atoms with Gasteiger partial charge in [-0.3, -0.25) is 9.59 Å². The van der Waals surface area contributed by atoms with Crippen molar-refractivity contribution in [1.82, 2.24) is 9.80 Å². The molecule has 1 aliphatic heterocycles. The highest BCUT2D eigenvalue weighted by atomic mass is 35.5. The zero-order chi connectivity index (χ0) is 21.0. The maximum atomic E-state index is 13.2. The van der Waals surface area contributed by atoms with Crippen LogP contribution in [-0.2, 0) is 15.0 Å². The van der Waals surface area contributed by atoms with Gasteiger partial charge in [0.2, 0.25) is 5.91 Å². The molecule has 0 aromatic heterocycles. The molecular weight excluding hydrogens is 423 g/mol. The van der Waals surface area contributed by atoms with E-state index in [1.807, 2.05) is 30.3 Å². The third-order valence-corrected chi connectivity index (χ3v) is 5.94. The standard InChI is InChI=1S/C23H27ClN2O3.ClH/c1-4-26(5-2)14-13-25(3)21(27)16-23(17-9-7-6-8-10-17)19-15-18(24)11-12-20(19)29-22(23)28;/h6-12,15H,4-5,13-14,16H2,1-3H3;1H. The van der Waals surface area contributed by atoms with E-state index in [0.717, 1.165) is 25.2 Å². The Morgan fingerprint density at radius 3 is 2.37 bits per heavy atom. The Bertz CT molecular complexity index is 887. The molecular formula is C23H28Cl2N2O3. The van der Waals surface area contributed by atoms with Crippen LogP contribution in [0, 0.1) is 0 Å². The summed E-state index contributed by atoms with van der Waals surface area (Å²) in [5.41, 5.74) is 0.186. The first kappa shape index (κ1) is 24.2. The molecule has 0 fully saturated rings. The second-order valence-corrected chi connectivity index (χ2v) is 7.76. The molecule has 1 unspecified atom stereocenters. The first-order valence-electron chi connectivity index (χ1n) is 9.96. The summed E-state index contributed by atoms with van der Waals surface area (Å²) in [6, 6.07) is 14.4. The fraction of sp³-hybridized carbons (Fsp3) is 0.391. The number of halogens is 2. The topological polar surface area (TPSA) is 49.9 Å². The maximum absolute atomic E-state index is 13.2. The van der Waals surface area contributed by atoms with E-state index in [-0.39, 0.29) is 24.7 Å². The number of likely N-dealkylation sites (N-methyl/N-ethyl adjacent to an activating group) is 2. The molecule has 5 nitrogen and oxygen atoms in total. The molecule has 0 aliphatic carbocycles. The summed E-state index contributed by atoms with van der Waals surface area (Å²) in [6.07, 6.45) is -0.00204. The van der Waals surface area contributed by atoms with Crippen molar-refractivity contribution in [3.63, 3.8) is 0 Å². The first-order valence-corrected chi connectivity index (χ1v) is 10.3. The third-order valence-electron chi connectivity index (χ3n) is 5.71. The molecule has 1 amide bonds. The second-order valence-electron chi connectivity index (χ2n) is 7.32. The number of carbonyl (C=O) groups is 2. The lowest BCUT2D eigenvalue weighted by Gasteiger charge is -2.29. The summed E-state index contributed by atoms with van der Waals surface area (Å²) in [4.78, 5) is 30.3. The number of benzene rings is 2. The monoisotopic (exact) mass is 450 g/mol. The Labute approximate surface area is 189 Å². The third kappa shape index (κ3) is 4.64. The number of hydrogen-bond donors (Lipinski definition) is 0. The molecule has 0 bridgehead atoms. The summed E-state index contributed by atoms with van der Waals surface area (Å²) < 4.78 is 5.57. The van der Waals surface area contributed by atoms with Crippen molar-refractivity contribution in [2.45, 2.75) is 25.7 Å². The van der Waals surface area contributed by atoms with Gasteiger partial charge < -0.3 is 14.5 Å². The van der Waals surface area contributed by atoms with Gasteiger partial charge in [-0.1, -0.05) is 55.8 Å². The molecule has 7 heteroatoms. The SMILES string of the molecule is CCN(CC)CCN(C)C(=O)CC1(c2ccccc2)C(=O)Oc2ccc(Cl)cc21.Cl. The number of rotatable bonds is 8. The quantitative estimate of drug-likeness (QED) is 0.447. The predicted octanol–water partition coefficient (Wildman–Crippen LogP) is 4.16. The normalized spacial score (nSPS) is 17.3. The largest absolute Gasteiger partial charge is 0.425 e. The number of hydrogen-bond acceptors (Lipinski definition) is 4. The highest BCUT2D eigenvalue weighted by molar-refractivity contribution is 6.30. The van der Waals surface area contributed by atoms with Crippen molar-refractivity contribution in [1.29, 1.82) is 0 Å². The Balaban J connectivity index is 0.00000320. The molecule has 0 N–H and O–H groups in total. The molecule has 1 heterocycles. The fourth-order valence-corrected chi connectivity index (χ4v) is 3.98. The average Bonchev–Trinajstić information content (AvgIpc) is 3.01. The van der Waals surface area contributed by atoms with E-state index in [0.29, 0.717) is 22.9 Å². The molecule has 3 rings (SSSR count). The minimum atomic E-state index is -1.19. The summed E-state index contributed by atoms with van der Waals surface area (Å²) in [6.45, 7) is 7.47. The predicted molar refractivity (Wildman–Crippen MR) is 122 cm³/mol. The molecule has 1 atom stereocenters. The summed E-state index contributed by atoms with van der Waals surface area (Å²) in [5.74, 6) is -0.0842. The van der Waals surface area contributed by atoms with Crippen LogP contribution in [0.1, 0.15) is 31.4 Å². The lowest BCUT2D eigenvalue weighted by Crippen LogP contribution is -2.43. The average molecular weight is 451 g/mol. The van der Waals surface area contributed by atoms with Crippen molar-refractivity contribution in [3.8, 4) is 5.75 Å². The molecule has 2 aromatic rings. The first-order chi connectivity index (χ1) is 13.9. The van der Waals surface area contributed by atoms with Gasteiger partial charge in [0.05, 0.1) is 6.42 Å².